The second kappa shape index (κ2) is 11.7. The first-order chi connectivity index (χ1) is 15.3. The maximum absolute atomic E-state index is 12.6. The van der Waals surface area contributed by atoms with E-state index in [2.05, 4.69) is 31.6 Å². The molecule has 1 aromatic heterocycles. The largest absolute Gasteiger partial charge is 0.368 e. The highest BCUT2D eigenvalue weighted by Crippen LogP contribution is 2.24. The zero-order valence-electron chi connectivity index (χ0n) is 16.9. The smallest absolute Gasteiger partial charge is 0.247 e. The van der Waals surface area contributed by atoms with Crippen LogP contribution in [0.1, 0.15) is 11.6 Å². The number of hydrogen-bond acceptors (Lipinski definition) is 6. The number of aromatic amines is 1. The van der Waals surface area contributed by atoms with Crippen LogP contribution in [0.5, 0.6) is 0 Å². The molecular weight excluding hydrogens is 422 g/mol. The summed E-state index contributed by atoms with van der Waals surface area (Å²) in [6.45, 7) is -1.58. The fourth-order valence-corrected chi connectivity index (χ4v) is 2.72. The van der Waals surface area contributed by atoms with Crippen molar-refractivity contribution in [3.8, 4) is 0 Å². The number of hydrogen-bond donors (Lipinski definition) is 7. The van der Waals surface area contributed by atoms with Gasteiger partial charge in [-0.2, -0.15) is 0 Å². The second-order valence-electron chi connectivity index (χ2n) is 6.53. The van der Waals surface area contributed by atoms with E-state index in [4.69, 9.17) is 5.73 Å². The van der Waals surface area contributed by atoms with Crippen molar-refractivity contribution < 1.29 is 28.8 Å². The average Bonchev–Trinajstić information content (AvgIpc) is 3.20. The summed E-state index contributed by atoms with van der Waals surface area (Å²) in [7, 11) is 0. The number of primary amides is 1. The SMILES string of the molecule is NC(=O)CNC(=O)C(NC(=O)CNC(=O)CNC(=O)CNC=O)c1c[nH]c2ccccc12. The van der Waals surface area contributed by atoms with Crippen molar-refractivity contribution >= 4 is 46.8 Å². The van der Waals surface area contributed by atoms with Crippen LogP contribution in [0.3, 0.4) is 0 Å². The van der Waals surface area contributed by atoms with Gasteiger partial charge >= 0.3 is 0 Å². The van der Waals surface area contributed by atoms with Crippen LogP contribution in [0.15, 0.2) is 30.5 Å². The number of fused-ring (bicyclic) bond motifs is 1. The number of rotatable bonds is 12. The molecule has 13 heteroatoms. The highest BCUT2D eigenvalue weighted by Gasteiger charge is 2.25. The van der Waals surface area contributed by atoms with Crippen LogP contribution in [0.2, 0.25) is 0 Å². The zero-order valence-corrected chi connectivity index (χ0v) is 16.9. The number of amides is 6. The lowest BCUT2D eigenvalue weighted by Crippen LogP contribution is -2.47. The van der Waals surface area contributed by atoms with Gasteiger partial charge in [-0.1, -0.05) is 18.2 Å². The summed E-state index contributed by atoms with van der Waals surface area (Å²) in [5, 5.41) is 12.2. The summed E-state index contributed by atoms with van der Waals surface area (Å²) < 4.78 is 0. The van der Waals surface area contributed by atoms with Crippen molar-refractivity contribution in [2.24, 2.45) is 5.73 Å². The molecule has 2 aromatic rings. The lowest BCUT2D eigenvalue weighted by molar-refractivity contribution is -0.131. The van der Waals surface area contributed by atoms with E-state index in [1.807, 2.05) is 0 Å². The van der Waals surface area contributed by atoms with E-state index in [1.165, 1.54) is 0 Å². The van der Waals surface area contributed by atoms with E-state index in [0.29, 0.717) is 17.4 Å². The van der Waals surface area contributed by atoms with Gasteiger partial charge in [0.2, 0.25) is 35.9 Å². The predicted molar refractivity (Wildman–Crippen MR) is 111 cm³/mol. The first-order valence-corrected chi connectivity index (χ1v) is 9.43. The molecule has 0 aliphatic carbocycles. The Morgan fingerprint density at radius 1 is 0.906 bits per heavy atom. The Labute approximate surface area is 181 Å². The van der Waals surface area contributed by atoms with Gasteiger partial charge in [0.25, 0.3) is 0 Å². The van der Waals surface area contributed by atoms with Crippen LogP contribution in [0.25, 0.3) is 10.9 Å². The monoisotopic (exact) mass is 445 g/mol. The standard InChI is InChI=1S/C19H23N7O6/c20-14(28)6-25-19(32)18(12-5-22-13-4-2-1-3-11(12)13)26-17(31)9-24-16(30)8-23-15(29)7-21-10-27/h1-5,10,18,22H,6-9H2,(H2,20,28)(H,21,27)(H,23,29)(H,24,30)(H,25,32)(H,26,31). The molecule has 1 unspecified atom stereocenters. The third-order valence-electron chi connectivity index (χ3n) is 4.17. The lowest BCUT2D eigenvalue weighted by Gasteiger charge is -2.18. The van der Waals surface area contributed by atoms with Crippen LogP contribution in [-0.2, 0) is 28.8 Å². The fourth-order valence-electron chi connectivity index (χ4n) is 2.72. The topological polar surface area (TPSA) is 204 Å². The minimum Gasteiger partial charge on any atom is -0.368 e. The number of aromatic nitrogens is 1. The molecule has 0 bridgehead atoms. The van der Waals surface area contributed by atoms with Crippen molar-refractivity contribution in [1.82, 2.24) is 31.6 Å². The zero-order chi connectivity index (χ0) is 23.5. The molecule has 0 spiro atoms. The first kappa shape index (κ1) is 23.9. The minimum atomic E-state index is -1.16. The third-order valence-corrected chi connectivity index (χ3v) is 4.17. The van der Waals surface area contributed by atoms with E-state index in [0.717, 1.165) is 5.52 Å². The molecule has 170 valence electrons. The summed E-state index contributed by atoms with van der Waals surface area (Å²) in [4.78, 5) is 72.2. The molecule has 13 nitrogen and oxygen atoms in total. The minimum absolute atomic E-state index is 0.288. The van der Waals surface area contributed by atoms with Crippen LogP contribution in [0.4, 0.5) is 0 Å². The number of H-pyrrole nitrogens is 1. The maximum atomic E-state index is 12.6. The Morgan fingerprint density at radius 2 is 1.56 bits per heavy atom. The summed E-state index contributed by atoms with van der Waals surface area (Å²) in [5.41, 5.74) is 6.25. The van der Waals surface area contributed by atoms with Crippen molar-refractivity contribution in [2.75, 3.05) is 26.2 Å². The van der Waals surface area contributed by atoms with E-state index in [1.54, 1.807) is 30.5 Å². The molecule has 0 saturated heterocycles. The Balaban J connectivity index is 1.99. The Morgan fingerprint density at radius 3 is 2.25 bits per heavy atom. The van der Waals surface area contributed by atoms with E-state index in [-0.39, 0.29) is 6.54 Å². The molecular formula is C19H23N7O6. The van der Waals surface area contributed by atoms with E-state index >= 15 is 0 Å². The maximum Gasteiger partial charge on any atom is 0.247 e. The number of para-hydroxylation sites is 1. The van der Waals surface area contributed by atoms with Crippen molar-refractivity contribution in [1.29, 1.82) is 0 Å². The summed E-state index contributed by atoms with van der Waals surface area (Å²) in [5.74, 6) is -3.33. The van der Waals surface area contributed by atoms with Crippen molar-refractivity contribution in [2.45, 2.75) is 6.04 Å². The highest BCUT2D eigenvalue weighted by atomic mass is 16.2. The van der Waals surface area contributed by atoms with Gasteiger partial charge in [0.1, 0.15) is 6.04 Å². The molecule has 0 aliphatic heterocycles. The Hall–Kier alpha value is -4.42. The van der Waals surface area contributed by atoms with Crippen LogP contribution >= 0.6 is 0 Å². The van der Waals surface area contributed by atoms with Gasteiger partial charge in [-0.05, 0) is 6.07 Å². The van der Waals surface area contributed by atoms with Gasteiger partial charge in [0, 0.05) is 22.7 Å². The van der Waals surface area contributed by atoms with Gasteiger partial charge in [-0.25, -0.2) is 0 Å². The number of carbonyl (C=O) groups is 6. The molecule has 1 aromatic carbocycles. The van der Waals surface area contributed by atoms with Gasteiger partial charge in [0.05, 0.1) is 26.2 Å². The third kappa shape index (κ3) is 7.12. The second-order valence-corrected chi connectivity index (χ2v) is 6.53. The highest BCUT2D eigenvalue weighted by molar-refractivity contribution is 5.96. The van der Waals surface area contributed by atoms with E-state index < -0.39 is 55.2 Å². The summed E-state index contributed by atoms with van der Waals surface area (Å²) in [6, 6.07) is 5.94. The molecule has 0 saturated carbocycles. The van der Waals surface area contributed by atoms with Gasteiger partial charge in [-0.15, -0.1) is 0 Å². The van der Waals surface area contributed by atoms with Crippen molar-refractivity contribution in [3.63, 3.8) is 0 Å². The van der Waals surface area contributed by atoms with E-state index in [9.17, 15) is 28.8 Å². The predicted octanol–water partition coefficient (Wildman–Crippen LogP) is -3.09. The Kier molecular flexibility index (Phi) is 8.71. The van der Waals surface area contributed by atoms with Crippen LogP contribution < -0.4 is 32.3 Å². The number of benzene rings is 1. The molecule has 8 N–H and O–H groups in total. The lowest BCUT2D eigenvalue weighted by atomic mass is 10.0. The fraction of sp³-hybridized carbons (Fsp3) is 0.263. The number of nitrogens with two attached hydrogens (primary N) is 1. The van der Waals surface area contributed by atoms with Crippen LogP contribution in [-0.4, -0.2) is 67.1 Å². The molecule has 6 amide bonds. The van der Waals surface area contributed by atoms with Crippen LogP contribution in [0, 0.1) is 0 Å². The quantitative estimate of drug-likeness (QED) is 0.168. The molecule has 1 atom stereocenters. The summed E-state index contributed by atoms with van der Waals surface area (Å²) >= 11 is 0. The van der Waals surface area contributed by atoms with Gasteiger partial charge in [0.15, 0.2) is 0 Å². The molecule has 2 rings (SSSR count). The van der Waals surface area contributed by atoms with Gasteiger partial charge in [-0.3, -0.25) is 28.8 Å². The molecule has 0 fully saturated rings. The average molecular weight is 445 g/mol. The number of carbonyl (C=O) groups excluding carboxylic acids is 6. The van der Waals surface area contributed by atoms with Crippen molar-refractivity contribution in [3.05, 3.63) is 36.0 Å². The molecule has 1 heterocycles. The first-order valence-electron chi connectivity index (χ1n) is 9.43. The summed E-state index contributed by atoms with van der Waals surface area (Å²) in [6.07, 6.45) is 1.90. The normalized spacial score (nSPS) is 11.1. The molecule has 32 heavy (non-hydrogen) atoms. The number of nitrogens with one attached hydrogen (secondary N) is 6. The molecule has 0 aliphatic rings. The van der Waals surface area contributed by atoms with Gasteiger partial charge < -0.3 is 37.3 Å². The molecule has 0 radical (unpaired) electrons. The Bertz CT molecular complexity index is 1020.